The molecule has 0 saturated carbocycles. The Labute approximate surface area is 155 Å². The van der Waals surface area contributed by atoms with Crippen molar-refractivity contribution in [3.05, 3.63) is 59.9 Å². The van der Waals surface area contributed by atoms with Crippen LogP contribution in [0.2, 0.25) is 0 Å². The summed E-state index contributed by atoms with van der Waals surface area (Å²) in [6.07, 6.45) is 1.96. The zero-order valence-electron chi connectivity index (χ0n) is 14.7. The molecule has 1 aliphatic rings. The van der Waals surface area contributed by atoms with E-state index in [-0.39, 0.29) is 5.56 Å². The standard InChI is InChI=1S/C21H20F3N3/c22-21(23,24)17-4-2-1-3-16(17)15-6-7-18-19(13-15)27-20(26-18)8-5-14-9-11-25-12-10-14/h1-8,13-14,25H,9-12H2,(H,26,27)/b8-5+. The van der Waals surface area contributed by atoms with E-state index in [0.29, 0.717) is 11.5 Å². The molecule has 0 atom stereocenters. The average molecular weight is 371 g/mol. The van der Waals surface area contributed by atoms with Crippen molar-refractivity contribution >= 4 is 17.1 Å². The first-order chi connectivity index (χ1) is 13.0. The largest absolute Gasteiger partial charge is 0.417 e. The fourth-order valence-corrected chi connectivity index (χ4v) is 3.52. The summed E-state index contributed by atoms with van der Waals surface area (Å²) in [6, 6.07) is 10.8. The summed E-state index contributed by atoms with van der Waals surface area (Å²) in [5.41, 5.74) is 1.54. The van der Waals surface area contributed by atoms with E-state index < -0.39 is 11.7 Å². The van der Waals surface area contributed by atoms with Gasteiger partial charge in [0.25, 0.3) is 0 Å². The fourth-order valence-electron chi connectivity index (χ4n) is 3.52. The highest BCUT2D eigenvalue weighted by Crippen LogP contribution is 2.37. The van der Waals surface area contributed by atoms with Crippen LogP contribution in [-0.4, -0.2) is 23.1 Å². The van der Waals surface area contributed by atoms with E-state index in [0.717, 1.165) is 48.9 Å². The highest BCUT2D eigenvalue weighted by molar-refractivity contribution is 5.83. The topological polar surface area (TPSA) is 40.7 Å². The van der Waals surface area contributed by atoms with Crippen molar-refractivity contribution in [2.75, 3.05) is 13.1 Å². The Morgan fingerprint density at radius 1 is 1.04 bits per heavy atom. The van der Waals surface area contributed by atoms with Gasteiger partial charge in [0, 0.05) is 0 Å². The van der Waals surface area contributed by atoms with E-state index in [9.17, 15) is 13.2 Å². The van der Waals surface area contributed by atoms with E-state index in [1.54, 1.807) is 24.3 Å². The van der Waals surface area contributed by atoms with E-state index >= 15 is 0 Å². The highest BCUT2D eigenvalue weighted by Gasteiger charge is 2.33. The number of hydrogen-bond acceptors (Lipinski definition) is 2. The molecule has 2 N–H and O–H groups in total. The average Bonchev–Trinajstić information content (AvgIpc) is 3.08. The van der Waals surface area contributed by atoms with Crippen LogP contribution in [0.5, 0.6) is 0 Å². The second-order valence-electron chi connectivity index (χ2n) is 6.84. The summed E-state index contributed by atoms with van der Waals surface area (Å²) in [7, 11) is 0. The maximum Gasteiger partial charge on any atom is 0.417 e. The lowest BCUT2D eigenvalue weighted by molar-refractivity contribution is -0.137. The highest BCUT2D eigenvalue weighted by atomic mass is 19.4. The molecule has 140 valence electrons. The first-order valence-corrected chi connectivity index (χ1v) is 9.06. The quantitative estimate of drug-likeness (QED) is 0.659. The number of H-pyrrole nitrogens is 1. The van der Waals surface area contributed by atoms with Gasteiger partial charge in [0.15, 0.2) is 0 Å². The molecule has 0 amide bonds. The van der Waals surface area contributed by atoms with Crippen molar-refractivity contribution in [3.8, 4) is 11.1 Å². The van der Waals surface area contributed by atoms with Crippen LogP contribution in [0, 0.1) is 5.92 Å². The summed E-state index contributed by atoms with van der Waals surface area (Å²) in [5, 5.41) is 3.33. The number of benzene rings is 2. The second-order valence-corrected chi connectivity index (χ2v) is 6.84. The Bertz CT molecular complexity index is 966. The molecule has 0 unspecified atom stereocenters. The molecule has 3 nitrogen and oxygen atoms in total. The molecule has 0 aliphatic carbocycles. The minimum Gasteiger partial charge on any atom is -0.338 e. The van der Waals surface area contributed by atoms with Crippen LogP contribution in [0.1, 0.15) is 24.2 Å². The van der Waals surface area contributed by atoms with Gasteiger partial charge in [-0.15, -0.1) is 0 Å². The molecule has 3 aromatic rings. The zero-order chi connectivity index (χ0) is 18.9. The maximum absolute atomic E-state index is 13.3. The molecule has 1 aliphatic heterocycles. The molecule has 6 heteroatoms. The van der Waals surface area contributed by atoms with Gasteiger partial charge in [-0.25, -0.2) is 4.98 Å². The second kappa shape index (κ2) is 7.19. The maximum atomic E-state index is 13.3. The lowest BCUT2D eigenvalue weighted by atomic mass is 9.98. The molecule has 0 radical (unpaired) electrons. The number of fused-ring (bicyclic) bond motifs is 1. The minimum atomic E-state index is -4.39. The first-order valence-electron chi connectivity index (χ1n) is 9.06. The number of alkyl halides is 3. The lowest BCUT2D eigenvalue weighted by Gasteiger charge is -2.18. The van der Waals surface area contributed by atoms with Crippen LogP contribution < -0.4 is 5.32 Å². The van der Waals surface area contributed by atoms with Crippen molar-refractivity contribution in [1.82, 2.24) is 15.3 Å². The molecule has 2 heterocycles. The molecule has 1 saturated heterocycles. The van der Waals surface area contributed by atoms with Gasteiger partial charge in [-0.2, -0.15) is 13.2 Å². The number of aromatic amines is 1. The number of piperidine rings is 1. The van der Waals surface area contributed by atoms with Crippen LogP contribution in [0.3, 0.4) is 0 Å². The van der Waals surface area contributed by atoms with Crippen molar-refractivity contribution in [3.63, 3.8) is 0 Å². The molecule has 4 rings (SSSR count). The van der Waals surface area contributed by atoms with E-state index in [4.69, 9.17) is 0 Å². The summed E-state index contributed by atoms with van der Waals surface area (Å²) in [6.45, 7) is 2.05. The Morgan fingerprint density at radius 2 is 1.81 bits per heavy atom. The number of imidazole rings is 1. The molecular formula is C21H20F3N3. The van der Waals surface area contributed by atoms with E-state index in [1.807, 2.05) is 6.08 Å². The molecule has 0 spiro atoms. The first kappa shape index (κ1) is 17.8. The van der Waals surface area contributed by atoms with Gasteiger partial charge in [0.1, 0.15) is 5.82 Å². The third-order valence-electron chi connectivity index (χ3n) is 4.95. The Hall–Kier alpha value is -2.60. The van der Waals surface area contributed by atoms with Crippen LogP contribution in [0.4, 0.5) is 13.2 Å². The number of rotatable bonds is 3. The van der Waals surface area contributed by atoms with Crippen LogP contribution >= 0.6 is 0 Å². The fraction of sp³-hybridized carbons (Fsp3) is 0.286. The molecule has 1 fully saturated rings. The van der Waals surface area contributed by atoms with Gasteiger partial charge in [-0.1, -0.05) is 30.3 Å². The third-order valence-corrected chi connectivity index (χ3v) is 4.95. The third kappa shape index (κ3) is 3.90. The van der Waals surface area contributed by atoms with Crippen molar-refractivity contribution in [2.24, 2.45) is 5.92 Å². The SMILES string of the molecule is FC(F)(F)c1ccccc1-c1ccc2nc(/C=C/C3CCNCC3)[nH]c2c1. The van der Waals surface area contributed by atoms with E-state index in [2.05, 4.69) is 21.4 Å². The van der Waals surface area contributed by atoms with Gasteiger partial charge in [0.2, 0.25) is 0 Å². The zero-order valence-corrected chi connectivity index (χ0v) is 14.7. The summed E-state index contributed by atoms with van der Waals surface area (Å²) < 4.78 is 39.9. The molecule has 2 aromatic carbocycles. The normalized spacial score (nSPS) is 16.4. The number of nitrogens with zero attached hydrogens (tertiary/aromatic N) is 1. The molecule has 0 bridgehead atoms. The van der Waals surface area contributed by atoms with Crippen LogP contribution in [0.15, 0.2) is 48.5 Å². The smallest absolute Gasteiger partial charge is 0.338 e. The molecule has 1 aromatic heterocycles. The lowest BCUT2D eigenvalue weighted by Crippen LogP contribution is -2.26. The predicted molar refractivity (Wildman–Crippen MR) is 101 cm³/mol. The molecular weight excluding hydrogens is 351 g/mol. The number of nitrogens with one attached hydrogen (secondary N) is 2. The Kier molecular flexibility index (Phi) is 4.74. The molecule has 27 heavy (non-hydrogen) atoms. The summed E-state index contributed by atoms with van der Waals surface area (Å²) >= 11 is 0. The van der Waals surface area contributed by atoms with E-state index in [1.165, 1.54) is 12.1 Å². The van der Waals surface area contributed by atoms with Crippen molar-refractivity contribution in [2.45, 2.75) is 19.0 Å². The minimum absolute atomic E-state index is 0.174. The number of allylic oxidation sites excluding steroid dienone is 1. The predicted octanol–water partition coefficient (Wildman–Crippen LogP) is 5.26. The Balaban J connectivity index is 1.65. The monoisotopic (exact) mass is 371 g/mol. The number of halogens is 3. The summed E-state index contributed by atoms with van der Waals surface area (Å²) in [4.78, 5) is 7.73. The van der Waals surface area contributed by atoms with Crippen LogP contribution in [-0.2, 0) is 6.18 Å². The number of aromatic nitrogens is 2. The van der Waals surface area contributed by atoms with Gasteiger partial charge in [-0.3, -0.25) is 0 Å². The van der Waals surface area contributed by atoms with Gasteiger partial charge < -0.3 is 10.3 Å². The van der Waals surface area contributed by atoms with Gasteiger partial charge in [0.05, 0.1) is 16.6 Å². The van der Waals surface area contributed by atoms with Crippen LogP contribution in [0.25, 0.3) is 28.2 Å². The van der Waals surface area contributed by atoms with Crippen molar-refractivity contribution in [1.29, 1.82) is 0 Å². The number of hydrogen-bond donors (Lipinski definition) is 2. The summed E-state index contributed by atoms with van der Waals surface area (Å²) in [5.74, 6) is 1.26. The van der Waals surface area contributed by atoms with Gasteiger partial charge in [-0.05, 0) is 67.3 Å². The van der Waals surface area contributed by atoms with Crippen molar-refractivity contribution < 1.29 is 13.2 Å². The Morgan fingerprint density at radius 3 is 2.59 bits per heavy atom. The van der Waals surface area contributed by atoms with Gasteiger partial charge >= 0.3 is 6.18 Å².